The molecule has 2 aromatic rings. The Morgan fingerprint density at radius 3 is 1.89 bits per heavy atom. The van der Waals surface area contributed by atoms with E-state index in [4.69, 9.17) is 4.74 Å². The SMILES string of the molecule is CCCCCCCCCCCC(=O)N1CCN(c2ccc(N=Nc3ccc(/C=C(\C#N)C(=O)OCCCC)cc3)cc2)CC1. The number of benzene rings is 2. The van der Waals surface area contributed by atoms with Gasteiger partial charge in [0.2, 0.25) is 5.91 Å². The highest BCUT2D eigenvalue weighted by atomic mass is 16.5. The summed E-state index contributed by atoms with van der Waals surface area (Å²) in [5.74, 6) is -0.310. The lowest BCUT2D eigenvalue weighted by Gasteiger charge is -2.36. The zero-order valence-corrected chi connectivity index (χ0v) is 26.7. The van der Waals surface area contributed by atoms with Crippen LogP contribution in [0.3, 0.4) is 0 Å². The maximum absolute atomic E-state index is 12.7. The number of rotatable bonds is 18. The van der Waals surface area contributed by atoms with Crippen molar-refractivity contribution < 1.29 is 14.3 Å². The number of esters is 1. The van der Waals surface area contributed by atoms with Crippen LogP contribution in [-0.2, 0) is 14.3 Å². The molecule has 236 valence electrons. The molecule has 3 rings (SSSR count). The second-order valence-corrected chi connectivity index (χ2v) is 11.4. The Balaban J connectivity index is 1.39. The molecule has 44 heavy (non-hydrogen) atoms. The first-order chi connectivity index (χ1) is 21.5. The third kappa shape index (κ3) is 12.3. The number of unbranched alkanes of at least 4 members (excludes halogenated alkanes) is 9. The van der Waals surface area contributed by atoms with E-state index in [1.807, 2.05) is 42.2 Å². The number of nitrogens with zero attached hydrogens (tertiary/aromatic N) is 5. The molecule has 0 saturated carbocycles. The lowest BCUT2D eigenvalue weighted by molar-refractivity contribution is -0.138. The van der Waals surface area contributed by atoms with Crippen LogP contribution in [0.1, 0.15) is 96.5 Å². The minimum Gasteiger partial charge on any atom is -0.462 e. The number of piperazine rings is 1. The molecule has 0 bridgehead atoms. The highest BCUT2D eigenvalue weighted by Gasteiger charge is 2.21. The number of amides is 1. The minimum atomic E-state index is -0.604. The van der Waals surface area contributed by atoms with Gasteiger partial charge in [0, 0.05) is 38.3 Å². The summed E-state index contributed by atoms with van der Waals surface area (Å²) in [6.45, 7) is 7.75. The van der Waals surface area contributed by atoms with Crippen molar-refractivity contribution in [2.45, 2.75) is 90.9 Å². The Bertz CT molecular complexity index is 1240. The molecule has 1 aliphatic rings. The molecule has 0 aliphatic carbocycles. The van der Waals surface area contributed by atoms with E-state index < -0.39 is 5.97 Å². The molecule has 1 heterocycles. The van der Waals surface area contributed by atoms with Crippen LogP contribution in [0.25, 0.3) is 6.08 Å². The van der Waals surface area contributed by atoms with Crippen LogP contribution in [0.2, 0.25) is 0 Å². The zero-order valence-electron chi connectivity index (χ0n) is 26.7. The lowest BCUT2D eigenvalue weighted by atomic mass is 10.1. The second-order valence-electron chi connectivity index (χ2n) is 11.4. The topological polar surface area (TPSA) is 98.4 Å². The molecule has 1 aliphatic heterocycles. The number of hydrogen-bond acceptors (Lipinski definition) is 7. The van der Waals surface area contributed by atoms with Crippen LogP contribution in [0.15, 0.2) is 64.3 Å². The Hall–Kier alpha value is -3.99. The van der Waals surface area contributed by atoms with Crippen molar-refractivity contribution in [3.8, 4) is 6.07 Å². The van der Waals surface area contributed by atoms with Crippen molar-refractivity contribution in [3.05, 3.63) is 59.7 Å². The van der Waals surface area contributed by atoms with Gasteiger partial charge in [-0.2, -0.15) is 15.5 Å². The highest BCUT2D eigenvalue weighted by molar-refractivity contribution is 5.97. The van der Waals surface area contributed by atoms with Gasteiger partial charge in [-0.3, -0.25) is 4.79 Å². The summed E-state index contributed by atoms with van der Waals surface area (Å²) < 4.78 is 5.13. The van der Waals surface area contributed by atoms with Crippen LogP contribution >= 0.6 is 0 Å². The molecule has 1 amide bonds. The number of carbonyl (C=O) groups excluding carboxylic acids is 2. The van der Waals surface area contributed by atoms with Gasteiger partial charge in [-0.25, -0.2) is 4.79 Å². The van der Waals surface area contributed by atoms with E-state index in [9.17, 15) is 14.9 Å². The average molecular weight is 600 g/mol. The first-order valence-electron chi connectivity index (χ1n) is 16.5. The number of carbonyl (C=O) groups is 2. The maximum atomic E-state index is 12.7. The summed E-state index contributed by atoms with van der Waals surface area (Å²) in [5, 5.41) is 18.0. The summed E-state index contributed by atoms with van der Waals surface area (Å²) in [4.78, 5) is 29.1. The molecule has 1 fully saturated rings. The molecular formula is C36H49N5O3. The zero-order chi connectivity index (χ0) is 31.4. The van der Waals surface area contributed by atoms with E-state index >= 15 is 0 Å². The van der Waals surface area contributed by atoms with Gasteiger partial charge >= 0.3 is 5.97 Å². The third-order valence-corrected chi connectivity index (χ3v) is 7.90. The van der Waals surface area contributed by atoms with Crippen molar-refractivity contribution >= 4 is 35.0 Å². The second kappa shape index (κ2) is 20.1. The van der Waals surface area contributed by atoms with E-state index in [2.05, 4.69) is 22.1 Å². The molecule has 8 heteroatoms. The van der Waals surface area contributed by atoms with Gasteiger partial charge in [-0.1, -0.05) is 83.8 Å². The molecule has 0 N–H and O–H groups in total. The van der Waals surface area contributed by atoms with Crippen LogP contribution in [0, 0.1) is 11.3 Å². The van der Waals surface area contributed by atoms with E-state index in [-0.39, 0.29) is 5.57 Å². The lowest BCUT2D eigenvalue weighted by Crippen LogP contribution is -2.48. The van der Waals surface area contributed by atoms with Crippen LogP contribution in [0.4, 0.5) is 17.1 Å². The van der Waals surface area contributed by atoms with Gasteiger partial charge in [0.05, 0.1) is 18.0 Å². The normalized spacial score (nSPS) is 13.7. The van der Waals surface area contributed by atoms with Gasteiger partial charge in [0.25, 0.3) is 0 Å². The van der Waals surface area contributed by atoms with E-state index in [1.54, 1.807) is 24.3 Å². The standard InChI is InChI=1S/C36H49N5O3/c1-3-5-7-8-9-10-11-12-13-14-35(42)41-25-23-40(24-26-41)34-21-19-33(20-22-34)39-38-32-17-15-30(16-18-32)28-31(29-37)36(43)44-27-6-4-2/h15-22,28H,3-14,23-27H2,1-2H3/b31-28+,39-38?. The summed E-state index contributed by atoms with van der Waals surface area (Å²) >= 11 is 0. The smallest absolute Gasteiger partial charge is 0.348 e. The predicted molar refractivity (Wildman–Crippen MR) is 177 cm³/mol. The monoisotopic (exact) mass is 599 g/mol. The molecule has 1 saturated heterocycles. The first kappa shape index (κ1) is 34.5. The van der Waals surface area contributed by atoms with Crippen molar-refractivity contribution in [2.24, 2.45) is 10.2 Å². The molecule has 0 radical (unpaired) electrons. The van der Waals surface area contributed by atoms with Crippen LogP contribution < -0.4 is 4.90 Å². The predicted octanol–water partition coefficient (Wildman–Crippen LogP) is 8.92. The minimum absolute atomic E-state index is 0.0299. The largest absolute Gasteiger partial charge is 0.462 e. The number of hydrogen-bond donors (Lipinski definition) is 0. The number of anilines is 1. The van der Waals surface area contributed by atoms with Gasteiger partial charge in [-0.15, -0.1) is 0 Å². The first-order valence-corrected chi connectivity index (χ1v) is 16.5. The Morgan fingerprint density at radius 1 is 0.773 bits per heavy atom. The summed E-state index contributed by atoms with van der Waals surface area (Å²) in [7, 11) is 0. The molecule has 0 spiro atoms. The van der Waals surface area contributed by atoms with Gasteiger partial charge in [-0.05, 0) is 60.9 Å². The summed E-state index contributed by atoms with van der Waals surface area (Å²) in [5.41, 5.74) is 3.21. The van der Waals surface area contributed by atoms with Crippen molar-refractivity contribution in [2.75, 3.05) is 37.7 Å². The van der Waals surface area contributed by atoms with E-state index in [1.165, 1.54) is 51.0 Å². The van der Waals surface area contributed by atoms with Crippen molar-refractivity contribution in [1.29, 1.82) is 5.26 Å². The van der Waals surface area contributed by atoms with Gasteiger partial charge in [0.15, 0.2) is 0 Å². The van der Waals surface area contributed by atoms with Gasteiger partial charge in [0.1, 0.15) is 11.6 Å². The van der Waals surface area contributed by atoms with Crippen LogP contribution in [0.5, 0.6) is 0 Å². The number of ether oxygens (including phenoxy) is 1. The molecular weight excluding hydrogens is 550 g/mol. The summed E-state index contributed by atoms with van der Waals surface area (Å²) in [6, 6.07) is 17.1. The third-order valence-electron chi connectivity index (χ3n) is 7.90. The van der Waals surface area contributed by atoms with Crippen molar-refractivity contribution in [1.82, 2.24) is 4.90 Å². The maximum Gasteiger partial charge on any atom is 0.348 e. The number of azo groups is 1. The quantitative estimate of drug-likeness (QED) is 0.0560. The fourth-order valence-corrected chi connectivity index (χ4v) is 5.13. The van der Waals surface area contributed by atoms with E-state index in [0.29, 0.717) is 30.2 Å². The van der Waals surface area contributed by atoms with Gasteiger partial charge < -0.3 is 14.5 Å². The van der Waals surface area contributed by atoms with Crippen molar-refractivity contribution in [3.63, 3.8) is 0 Å². The molecule has 2 aromatic carbocycles. The summed E-state index contributed by atoms with van der Waals surface area (Å²) in [6.07, 6.45) is 15.3. The molecule has 8 nitrogen and oxygen atoms in total. The molecule has 0 unspecified atom stereocenters. The Labute approximate surface area is 263 Å². The highest BCUT2D eigenvalue weighted by Crippen LogP contribution is 2.24. The Kier molecular flexibility index (Phi) is 15.7. The molecule has 0 aromatic heterocycles. The average Bonchev–Trinajstić information content (AvgIpc) is 3.06. The molecule has 0 atom stereocenters. The fourth-order valence-electron chi connectivity index (χ4n) is 5.13. The number of nitriles is 1. The van der Waals surface area contributed by atoms with Crippen LogP contribution in [-0.4, -0.2) is 49.6 Å². The Morgan fingerprint density at radius 2 is 1.32 bits per heavy atom. The fraction of sp³-hybridized carbons (Fsp3) is 0.528. The van der Waals surface area contributed by atoms with E-state index in [0.717, 1.165) is 63.2 Å².